The molecule has 3 heterocycles. The quantitative estimate of drug-likeness (QED) is 0.737. The van der Waals surface area contributed by atoms with Gasteiger partial charge in [-0.2, -0.15) is 0 Å². The summed E-state index contributed by atoms with van der Waals surface area (Å²) in [5, 5.41) is 9.49. The number of nitrogens with zero attached hydrogens (tertiary/aromatic N) is 4. The molecule has 1 unspecified atom stereocenters. The van der Waals surface area contributed by atoms with Crippen LogP contribution in [0.2, 0.25) is 0 Å². The van der Waals surface area contributed by atoms with Crippen molar-refractivity contribution in [3.63, 3.8) is 0 Å². The van der Waals surface area contributed by atoms with Gasteiger partial charge in [0.25, 0.3) is 0 Å². The van der Waals surface area contributed by atoms with Crippen molar-refractivity contribution in [1.29, 1.82) is 0 Å². The average Bonchev–Trinajstić information content (AvgIpc) is 3.15. The summed E-state index contributed by atoms with van der Waals surface area (Å²) in [6.07, 6.45) is 7.33. The summed E-state index contributed by atoms with van der Waals surface area (Å²) in [5.74, 6) is 2.44. The Bertz CT molecular complexity index is 881. The van der Waals surface area contributed by atoms with Gasteiger partial charge in [-0.05, 0) is 43.0 Å². The third-order valence-electron chi connectivity index (χ3n) is 6.41. The van der Waals surface area contributed by atoms with Crippen molar-refractivity contribution in [2.45, 2.75) is 52.2 Å². The van der Waals surface area contributed by atoms with E-state index < -0.39 is 0 Å². The maximum Gasteiger partial charge on any atom is 0.224 e. The van der Waals surface area contributed by atoms with E-state index in [1.54, 1.807) is 6.20 Å². The first-order chi connectivity index (χ1) is 15.2. The molecule has 1 N–H and O–H groups in total. The first-order valence-electron chi connectivity index (χ1n) is 11.5. The lowest BCUT2D eigenvalue weighted by Crippen LogP contribution is -2.36. The lowest BCUT2D eigenvalue weighted by Gasteiger charge is -2.32. The fourth-order valence-corrected chi connectivity index (χ4v) is 4.69. The van der Waals surface area contributed by atoms with Crippen LogP contribution in [0.1, 0.15) is 43.1 Å². The maximum atomic E-state index is 12.9. The Hall–Kier alpha value is -2.38. The van der Waals surface area contributed by atoms with Crippen LogP contribution < -0.4 is 4.74 Å². The summed E-state index contributed by atoms with van der Waals surface area (Å²) in [6.45, 7) is 7.62. The molecule has 0 saturated carbocycles. The second-order valence-corrected chi connectivity index (χ2v) is 8.67. The van der Waals surface area contributed by atoms with Crippen LogP contribution in [0.15, 0.2) is 30.6 Å². The molecule has 2 aliphatic rings. The number of hydrogen-bond donors (Lipinski definition) is 1. The summed E-state index contributed by atoms with van der Waals surface area (Å²) >= 11 is 0. The van der Waals surface area contributed by atoms with Crippen molar-refractivity contribution in [2.75, 3.05) is 32.8 Å². The molecule has 2 aromatic rings. The van der Waals surface area contributed by atoms with E-state index in [-0.39, 0.29) is 12.5 Å². The van der Waals surface area contributed by atoms with Gasteiger partial charge in [-0.15, -0.1) is 0 Å². The molecule has 4 rings (SSSR count). The minimum atomic E-state index is 0.152. The largest absolute Gasteiger partial charge is 0.491 e. The molecule has 168 valence electrons. The zero-order valence-corrected chi connectivity index (χ0v) is 18.5. The van der Waals surface area contributed by atoms with E-state index in [2.05, 4.69) is 33.5 Å². The first-order valence-corrected chi connectivity index (χ1v) is 11.5. The van der Waals surface area contributed by atoms with Crippen LogP contribution in [-0.4, -0.2) is 63.2 Å². The summed E-state index contributed by atoms with van der Waals surface area (Å²) < 4.78 is 8.01. The van der Waals surface area contributed by atoms with Gasteiger partial charge in [0.2, 0.25) is 5.91 Å². The number of likely N-dealkylation sites (tertiary alicyclic amines) is 1. The van der Waals surface area contributed by atoms with E-state index in [1.165, 1.54) is 5.56 Å². The Morgan fingerprint density at radius 1 is 1.32 bits per heavy atom. The number of aliphatic hydroxyl groups is 1. The monoisotopic (exact) mass is 426 g/mol. The first kappa shape index (κ1) is 21.8. The molecule has 0 spiro atoms. The van der Waals surface area contributed by atoms with Crippen molar-refractivity contribution in [2.24, 2.45) is 5.92 Å². The molecular weight excluding hydrogens is 392 g/mol. The topological polar surface area (TPSA) is 70.8 Å². The van der Waals surface area contributed by atoms with Crippen LogP contribution in [0.5, 0.6) is 5.75 Å². The standard InChI is InChI=1S/C24H34N4O3/c1-2-23-25-8-11-27(23)10-7-24(30)28-12-13-31-22-6-5-19(14-21(22)17-28)15-26-9-3-4-20(16-26)18-29/h5-6,8,11,14,20,29H,2-4,7,9-10,12-13,15-18H2,1H3. The smallest absolute Gasteiger partial charge is 0.224 e. The van der Waals surface area contributed by atoms with Gasteiger partial charge in [0, 0.05) is 63.6 Å². The minimum Gasteiger partial charge on any atom is -0.491 e. The van der Waals surface area contributed by atoms with Crippen LogP contribution in [0, 0.1) is 5.92 Å². The number of aryl methyl sites for hydroxylation is 2. The normalized spacial score (nSPS) is 19.5. The van der Waals surface area contributed by atoms with Gasteiger partial charge in [0.15, 0.2) is 0 Å². The lowest BCUT2D eigenvalue weighted by atomic mass is 9.98. The van der Waals surface area contributed by atoms with Gasteiger partial charge in [0.1, 0.15) is 18.2 Å². The summed E-state index contributed by atoms with van der Waals surface area (Å²) in [4.78, 5) is 21.6. The molecule has 2 aliphatic heterocycles. The molecule has 0 radical (unpaired) electrons. The van der Waals surface area contributed by atoms with Gasteiger partial charge < -0.3 is 19.3 Å². The highest BCUT2D eigenvalue weighted by Gasteiger charge is 2.22. The van der Waals surface area contributed by atoms with Gasteiger partial charge in [-0.25, -0.2) is 4.98 Å². The Labute approximate surface area is 184 Å². The van der Waals surface area contributed by atoms with Crippen molar-refractivity contribution in [3.8, 4) is 5.75 Å². The number of imidazole rings is 1. The Morgan fingerprint density at radius 3 is 3.06 bits per heavy atom. The second-order valence-electron chi connectivity index (χ2n) is 8.67. The fraction of sp³-hybridized carbons (Fsp3) is 0.583. The molecule has 1 aromatic carbocycles. The number of amides is 1. The van der Waals surface area contributed by atoms with Gasteiger partial charge >= 0.3 is 0 Å². The summed E-state index contributed by atoms with van der Waals surface area (Å²) in [6, 6.07) is 6.36. The Balaban J connectivity index is 1.39. The molecular formula is C24H34N4O3. The highest BCUT2D eigenvalue weighted by molar-refractivity contribution is 5.76. The van der Waals surface area contributed by atoms with E-state index >= 15 is 0 Å². The number of ether oxygens (including phenoxy) is 1. The van der Waals surface area contributed by atoms with Crippen molar-refractivity contribution in [3.05, 3.63) is 47.5 Å². The van der Waals surface area contributed by atoms with E-state index in [4.69, 9.17) is 4.74 Å². The lowest BCUT2D eigenvalue weighted by molar-refractivity contribution is -0.132. The third kappa shape index (κ3) is 5.46. The van der Waals surface area contributed by atoms with Crippen molar-refractivity contribution in [1.82, 2.24) is 19.4 Å². The van der Waals surface area contributed by atoms with Crippen LogP contribution in [0.4, 0.5) is 0 Å². The van der Waals surface area contributed by atoms with Crippen LogP contribution in [0.3, 0.4) is 0 Å². The molecule has 7 nitrogen and oxygen atoms in total. The van der Waals surface area contributed by atoms with Gasteiger partial charge in [0.05, 0.1) is 6.54 Å². The molecule has 1 saturated heterocycles. The van der Waals surface area contributed by atoms with Crippen LogP contribution in [-0.2, 0) is 30.8 Å². The zero-order chi connectivity index (χ0) is 21.6. The summed E-state index contributed by atoms with van der Waals surface area (Å²) in [7, 11) is 0. The van der Waals surface area contributed by atoms with Crippen LogP contribution >= 0.6 is 0 Å². The molecule has 7 heteroatoms. The van der Waals surface area contributed by atoms with E-state index in [0.717, 1.165) is 56.0 Å². The fourth-order valence-electron chi connectivity index (χ4n) is 4.69. The minimum absolute atomic E-state index is 0.152. The number of carbonyl (C=O) groups is 1. The average molecular weight is 427 g/mol. The number of rotatable bonds is 7. The maximum absolute atomic E-state index is 12.9. The molecule has 1 atom stereocenters. The predicted octanol–water partition coefficient (Wildman–Crippen LogP) is 2.46. The number of benzene rings is 1. The number of fused-ring (bicyclic) bond motifs is 1. The highest BCUT2D eigenvalue weighted by Crippen LogP contribution is 2.26. The Morgan fingerprint density at radius 2 is 2.23 bits per heavy atom. The van der Waals surface area contributed by atoms with Crippen molar-refractivity contribution < 1.29 is 14.6 Å². The second kappa shape index (κ2) is 10.3. The number of piperidine rings is 1. The molecule has 0 aliphatic carbocycles. The van der Waals surface area contributed by atoms with E-state index in [1.807, 2.05) is 17.2 Å². The number of carbonyl (C=O) groups excluding carboxylic acids is 1. The molecule has 1 amide bonds. The van der Waals surface area contributed by atoms with Gasteiger partial charge in [-0.1, -0.05) is 13.0 Å². The molecule has 31 heavy (non-hydrogen) atoms. The zero-order valence-electron chi connectivity index (χ0n) is 18.5. The SMILES string of the molecule is CCc1nccn1CCC(=O)N1CCOc2ccc(CN3CCCC(CO)C3)cc2C1. The van der Waals surface area contributed by atoms with E-state index in [9.17, 15) is 9.90 Å². The number of hydrogen-bond acceptors (Lipinski definition) is 5. The van der Waals surface area contributed by atoms with Crippen LogP contribution in [0.25, 0.3) is 0 Å². The molecule has 1 fully saturated rings. The number of aromatic nitrogens is 2. The highest BCUT2D eigenvalue weighted by atomic mass is 16.5. The molecule has 0 bridgehead atoms. The van der Waals surface area contributed by atoms with Gasteiger partial charge in [-0.3, -0.25) is 9.69 Å². The van der Waals surface area contributed by atoms with Crippen molar-refractivity contribution >= 4 is 5.91 Å². The third-order valence-corrected chi connectivity index (χ3v) is 6.41. The molecule has 1 aromatic heterocycles. The van der Waals surface area contributed by atoms with E-state index in [0.29, 0.717) is 38.6 Å². The predicted molar refractivity (Wildman–Crippen MR) is 119 cm³/mol. The number of aliphatic hydroxyl groups excluding tert-OH is 1. The Kier molecular flexibility index (Phi) is 7.25. The summed E-state index contributed by atoms with van der Waals surface area (Å²) in [5.41, 5.74) is 2.32.